The molecule has 0 radical (unpaired) electrons. The Morgan fingerprint density at radius 1 is 1.09 bits per heavy atom. The number of nitrogens with two attached hydrogens (primary N) is 1. The Balaban J connectivity index is 1.85. The molecule has 0 saturated carbocycles. The molecule has 1 atom stereocenters. The molecule has 3 rings (SSSR count). The molecule has 1 saturated heterocycles. The fourth-order valence-corrected chi connectivity index (χ4v) is 3.02. The molecule has 8 heteroatoms. The zero-order chi connectivity index (χ0) is 16.6. The number of urea groups is 1. The number of hydrogen-bond donors (Lipinski definition) is 1. The van der Waals surface area contributed by atoms with E-state index in [1.807, 2.05) is 0 Å². The lowest BCUT2D eigenvalue weighted by molar-refractivity contribution is 0.255. The van der Waals surface area contributed by atoms with Crippen molar-refractivity contribution in [3.63, 3.8) is 0 Å². The van der Waals surface area contributed by atoms with Gasteiger partial charge in [0.1, 0.15) is 16.8 Å². The summed E-state index contributed by atoms with van der Waals surface area (Å²) in [6.07, 6.45) is 0. The summed E-state index contributed by atoms with van der Waals surface area (Å²) in [6, 6.07) is 10.4. The van der Waals surface area contributed by atoms with Gasteiger partial charge in [-0.25, -0.2) is 18.5 Å². The van der Waals surface area contributed by atoms with E-state index in [1.54, 1.807) is 30.3 Å². The highest BCUT2D eigenvalue weighted by Crippen LogP contribution is 2.28. The number of rotatable bonds is 3. The third-order valence-corrected chi connectivity index (χ3v) is 4.56. The van der Waals surface area contributed by atoms with Crippen LogP contribution >= 0.6 is 11.6 Å². The second kappa shape index (κ2) is 6.27. The summed E-state index contributed by atoms with van der Waals surface area (Å²) in [7, 11) is -1.57. The van der Waals surface area contributed by atoms with Crippen LogP contribution in [0.5, 0.6) is 0 Å². The van der Waals surface area contributed by atoms with Crippen molar-refractivity contribution in [2.24, 2.45) is 5.14 Å². The minimum atomic E-state index is -1.57. The fourth-order valence-electron chi connectivity index (χ4n) is 2.46. The number of nitrogens with zero attached hydrogens (tertiary/aromatic N) is 2. The molecule has 1 aliphatic rings. The zero-order valence-electron chi connectivity index (χ0n) is 11.9. The van der Waals surface area contributed by atoms with Gasteiger partial charge in [-0.1, -0.05) is 11.6 Å². The van der Waals surface area contributed by atoms with Crippen molar-refractivity contribution in [3.05, 3.63) is 53.3 Å². The first-order valence-corrected chi connectivity index (χ1v) is 8.37. The molecular formula is C15H13ClFN3O2S. The van der Waals surface area contributed by atoms with Gasteiger partial charge in [0.25, 0.3) is 0 Å². The molecule has 1 fully saturated rings. The third-order valence-electron chi connectivity index (χ3n) is 3.59. The monoisotopic (exact) mass is 353 g/mol. The number of carbonyl (C=O) groups excluding carboxylic acids is 1. The minimum Gasteiger partial charge on any atom is -0.292 e. The lowest BCUT2D eigenvalue weighted by Crippen LogP contribution is -2.32. The Labute approximate surface area is 140 Å². The smallest absolute Gasteiger partial charge is 0.292 e. The van der Waals surface area contributed by atoms with E-state index in [0.29, 0.717) is 23.7 Å². The third kappa shape index (κ3) is 3.08. The van der Waals surface area contributed by atoms with Crippen LogP contribution in [0.2, 0.25) is 5.02 Å². The van der Waals surface area contributed by atoms with Crippen molar-refractivity contribution in [1.82, 2.24) is 0 Å². The highest BCUT2D eigenvalue weighted by atomic mass is 35.5. The first-order chi connectivity index (χ1) is 11.0. The maximum Gasteiger partial charge on any atom is 0.329 e. The molecule has 2 amide bonds. The van der Waals surface area contributed by atoms with Gasteiger partial charge >= 0.3 is 6.03 Å². The Kier molecular flexibility index (Phi) is 4.34. The van der Waals surface area contributed by atoms with E-state index in [1.165, 1.54) is 21.9 Å². The zero-order valence-corrected chi connectivity index (χ0v) is 13.5. The lowest BCUT2D eigenvalue weighted by atomic mass is 10.3. The van der Waals surface area contributed by atoms with Gasteiger partial charge in [0.15, 0.2) is 0 Å². The molecule has 120 valence electrons. The maximum atomic E-state index is 14.0. The molecule has 0 aromatic heterocycles. The molecule has 1 heterocycles. The van der Waals surface area contributed by atoms with Gasteiger partial charge in [0.05, 0.1) is 10.6 Å². The average molecular weight is 354 g/mol. The normalized spacial score (nSPS) is 16.0. The minimum absolute atomic E-state index is 0.196. The largest absolute Gasteiger partial charge is 0.329 e. The summed E-state index contributed by atoms with van der Waals surface area (Å²) in [4.78, 5) is 15.9. The van der Waals surface area contributed by atoms with Gasteiger partial charge < -0.3 is 0 Å². The summed E-state index contributed by atoms with van der Waals surface area (Å²) < 4.78 is 25.2. The van der Waals surface area contributed by atoms with Crippen molar-refractivity contribution in [3.8, 4) is 0 Å². The van der Waals surface area contributed by atoms with E-state index in [0.717, 1.165) is 0 Å². The van der Waals surface area contributed by atoms with Gasteiger partial charge in [-0.15, -0.1) is 0 Å². The highest BCUT2D eigenvalue weighted by Gasteiger charge is 2.32. The summed E-state index contributed by atoms with van der Waals surface area (Å²) in [5, 5.41) is 5.58. The predicted octanol–water partition coefficient (Wildman–Crippen LogP) is 2.91. The molecule has 2 N–H and O–H groups in total. The Bertz CT molecular complexity index is 785. The van der Waals surface area contributed by atoms with Crippen LogP contribution in [0.1, 0.15) is 0 Å². The van der Waals surface area contributed by atoms with Crippen molar-refractivity contribution >= 4 is 40.0 Å². The van der Waals surface area contributed by atoms with Crippen LogP contribution < -0.4 is 14.9 Å². The van der Waals surface area contributed by atoms with Crippen molar-refractivity contribution in [1.29, 1.82) is 0 Å². The van der Waals surface area contributed by atoms with E-state index in [4.69, 9.17) is 16.7 Å². The van der Waals surface area contributed by atoms with Crippen molar-refractivity contribution < 1.29 is 13.4 Å². The maximum absolute atomic E-state index is 14.0. The van der Waals surface area contributed by atoms with Crippen molar-refractivity contribution in [2.45, 2.75) is 4.90 Å². The Morgan fingerprint density at radius 2 is 1.74 bits per heavy atom. The molecule has 2 aromatic carbocycles. The van der Waals surface area contributed by atoms with Gasteiger partial charge in [0, 0.05) is 23.8 Å². The SMILES string of the molecule is NS(=O)c1ccc(N2CCN(c3ccc(Cl)cc3F)C2=O)cc1. The van der Waals surface area contributed by atoms with Gasteiger partial charge in [-0.3, -0.25) is 9.80 Å². The van der Waals surface area contributed by atoms with Crippen LogP contribution in [-0.4, -0.2) is 23.3 Å². The molecule has 1 aliphatic heterocycles. The van der Waals surface area contributed by atoms with Crippen molar-refractivity contribution in [2.75, 3.05) is 22.9 Å². The van der Waals surface area contributed by atoms with Crippen LogP contribution in [-0.2, 0) is 11.0 Å². The standard InChI is InChI=1S/C15H13ClFN3O2S/c16-10-1-6-14(13(17)9-10)20-8-7-19(15(20)21)11-2-4-12(5-3-11)23(18)22/h1-6,9H,7-8,18H2. The number of benzene rings is 2. The first-order valence-electron chi connectivity index (χ1n) is 6.77. The molecule has 2 aromatic rings. The molecule has 1 unspecified atom stereocenters. The van der Waals surface area contributed by atoms with Gasteiger partial charge in [0.2, 0.25) is 0 Å². The van der Waals surface area contributed by atoms with E-state index >= 15 is 0 Å². The van der Waals surface area contributed by atoms with E-state index < -0.39 is 16.8 Å². The second-order valence-corrected chi connectivity index (χ2v) is 6.48. The second-order valence-electron chi connectivity index (χ2n) is 4.97. The van der Waals surface area contributed by atoms with Crippen LogP contribution in [0.15, 0.2) is 47.4 Å². The molecule has 0 aliphatic carbocycles. The molecule has 0 spiro atoms. The summed E-state index contributed by atoms with van der Waals surface area (Å²) in [5.41, 5.74) is 0.836. The number of amides is 2. The molecule has 5 nitrogen and oxygen atoms in total. The van der Waals surface area contributed by atoms with Gasteiger partial charge in [-0.05, 0) is 42.5 Å². The quantitative estimate of drug-likeness (QED) is 0.922. The number of hydrogen-bond acceptors (Lipinski definition) is 2. The molecule has 0 bridgehead atoms. The van der Waals surface area contributed by atoms with E-state index in [-0.39, 0.29) is 16.7 Å². The fraction of sp³-hybridized carbons (Fsp3) is 0.133. The van der Waals surface area contributed by atoms with Crippen LogP contribution in [0.3, 0.4) is 0 Å². The summed E-state index contributed by atoms with van der Waals surface area (Å²) in [5.74, 6) is -0.540. The van der Waals surface area contributed by atoms with Gasteiger partial charge in [-0.2, -0.15) is 0 Å². The predicted molar refractivity (Wildman–Crippen MR) is 88.5 cm³/mol. The average Bonchev–Trinajstić information content (AvgIpc) is 2.89. The number of anilines is 2. The summed E-state index contributed by atoms with van der Waals surface area (Å²) >= 11 is 5.74. The number of carbonyl (C=O) groups is 1. The summed E-state index contributed by atoms with van der Waals surface area (Å²) in [6.45, 7) is 0.786. The Morgan fingerprint density at radius 3 is 2.35 bits per heavy atom. The van der Waals surface area contributed by atoms with E-state index in [9.17, 15) is 13.4 Å². The van der Waals surface area contributed by atoms with E-state index in [2.05, 4.69) is 0 Å². The Hall–Kier alpha value is -1.96. The lowest BCUT2D eigenvalue weighted by Gasteiger charge is -2.19. The number of halogens is 2. The highest BCUT2D eigenvalue weighted by molar-refractivity contribution is 7.82. The molecule has 23 heavy (non-hydrogen) atoms. The van der Waals surface area contributed by atoms with Crippen LogP contribution in [0.25, 0.3) is 0 Å². The van der Waals surface area contributed by atoms with Crippen LogP contribution in [0, 0.1) is 5.82 Å². The topological polar surface area (TPSA) is 66.6 Å². The van der Waals surface area contributed by atoms with Crippen LogP contribution in [0.4, 0.5) is 20.6 Å². The molecular weight excluding hydrogens is 341 g/mol. The first kappa shape index (κ1) is 15.9.